The van der Waals surface area contributed by atoms with Crippen molar-refractivity contribution in [1.29, 1.82) is 0 Å². The van der Waals surface area contributed by atoms with Gasteiger partial charge in [-0.2, -0.15) is 0 Å². The van der Waals surface area contributed by atoms with Crippen LogP contribution < -0.4 is 4.74 Å². The van der Waals surface area contributed by atoms with Crippen molar-refractivity contribution in [2.75, 3.05) is 0 Å². The molecule has 1 N–H and O–H groups in total. The van der Waals surface area contributed by atoms with E-state index >= 15 is 0 Å². The summed E-state index contributed by atoms with van der Waals surface area (Å²) in [7, 11) is 0. The van der Waals surface area contributed by atoms with Crippen LogP contribution in [0.25, 0.3) is 0 Å². The zero-order valence-corrected chi connectivity index (χ0v) is 13.0. The molecule has 110 valence electrons. The molecule has 0 unspecified atom stereocenters. The summed E-state index contributed by atoms with van der Waals surface area (Å²) >= 11 is 3.30. The number of halogens is 1. The van der Waals surface area contributed by atoms with E-state index < -0.39 is 4.92 Å². The second-order valence-corrected chi connectivity index (χ2v) is 5.34. The summed E-state index contributed by atoms with van der Waals surface area (Å²) in [6.07, 6.45) is 0.710. The van der Waals surface area contributed by atoms with Gasteiger partial charge in [-0.25, -0.2) is 0 Å². The molecule has 0 radical (unpaired) electrons. The Morgan fingerprint density at radius 1 is 1.24 bits per heavy atom. The Labute approximate surface area is 130 Å². The fourth-order valence-corrected chi connectivity index (χ4v) is 2.31. The Balaban J connectivity index is 2.42. The Kier molecular flexibility index (Phi) is 4.93. The number of aryl methyl sites for hydroxylation is 1. The van der Waals surface area contributed by atoms with Crippen LogP contribution >= 0.6 is 15.9 Å². The van der Waals surface area contributed by atoms with E-state index in [-0.39, 0.29) is 18.0 Å². The lowest BCUT2D eigenvalue weighted by Crippen LogP contribution is -1.97. The summed E-state index contributed by atoms with van der Waals surface area (Å²) in [5.41, 5.74) is 1.34. The van der Waals surface area contributed by atoms with Crippen molar-refractivity contribution in [2.45, 2.75) is 20.0 Å². The minimum absolute atomic E-state index is 0.0823. The lowest BCUT2D eigenvalue weighted by molar-refractivity contribution is -0.385. The van der Waals surface area contributed by atoms with Crippen LogP contribution in [0, 0.1) is 10.1 Å². The van der Waals surface area contributed by atoms with E-state index in [2.05, 4.69) is 15.9 Å². The Morgan fingerprint density at radius 2 is 1.95 bits per heavy atom. The van der Waals surface area contributed by atoms with Gasteiger partial charge in [0.15, 0.2) is 0 Å². The summed E-state index contributed by atoms with van der Waals surface area (Å²) in [6, 6.07) is 10.0. The minimum Gasteiger partial charge on any atom is -0.450 e. The van der Waals surface area contributed by atoms with Gasteiger partial charge in [0.1, 0.15) is 5.75 Å². The minimum atomic E-state index is -0.466. The van der Waals surface area contributed by atoms with E-state index in [1.54, 1.807) is 30.3 Å². The largest absolute Gasteiger partial charge is 0.450 e. The van der Waals surface area contributed by atoms with Crippen LogP contribution in [-0.4, -0.2) is 10.0 Å². The average Bonchev–Trinajstić information content (AvgIpc) is 2.49. The molecule has 0 heterocycles. The van der Waals surface area contributed by atoms with E-state index in [1.807, 2.05) is 6.92 Å². The average molecular weight is 352 g/mol. The maximum Gasteiger partial charge on any atom is 0.311 e. The van der Waals surface area contributed by atoms with Crippen molar-refractivity contribution in [2.24, 2.45) is 0 Å². The summed E-state index contributed by atoms with van der Waals surface area (Å²) < 4.78 is 6.43. The van der Waals surface area contributed by atoms with Crippen molar-refractivity contribution >= 4 is 21.6 Å². The number of nitro groups is 1. The van der Waals surface area contributed by atoms with Gasteiger partial charge < -0.3 is 9.84 Å². The summed E-state index contributed by atoms with van der Waals surface area (Å²) in [5, 5.41) is 20.5. The highest BCUT2D eigenvalue weighted by Gasteiger charge is 2.17. The molecule has 6 heteroatoms. The van der Waals surface area contributed by atoms with Crippen molar-refractivity contribution < 1.29 is 14.8 Å². The number of aliphatic hydroxyl groups excluding tert-OH is 1. The number of nitro benzene ring substituents is 1. The molecule has 0 saturated carbocycles. The third-order valence-electron chi connectivity index (χ3n) is 3.04. The molecule has 2 aromatic rings. The molecule has 0 aromatic heterocycles. The quantitative estimate of drug-likeness (QED) is 0.646. The first-order valence-corrected chi connectivity index (χ1v) is 7.19. The number of aliphatic hydroxyl groups is 1. The van der Waals surface area contributed by atoms with Gasteiger partial charge in [-0.1, -0.05) is 28.9 Å². The van der Waals surface area contributed by atoms with Crippen molar-refractivity contribution in [3.05, 3.63) is 62.1 Å². The molecule has 0 bridgehead atoms. The van der Waals surface area contributed by atoms with Crippen LogP contribution in [0.4, 0.5) is 5.69 Å². The number of nitrogens with zero attached hydrogens (tertiary/aromatic N) is 1. The number of ether oxygens (including phenoxy) is 1. The molecule has 0 atom stereocenters. The molecular weight excluding hydrogens is 338 g/mol. The summed E-state index contributed by atoms with van der Waals surface area (Å²) in [6.45, 7) is 1.72. The summed E-state index contributed by atoms with van der Waals surface area (Å²) in [4.78, 5) is 10.7. The smallest absolute Gasteiger partial charge is 0.311 e. The summed E-state index contributed by atoms with van der Waals surface area (Å²) in [5.74, 6) is 0.558. The normalized spacial score (nSPS) is 10.4. The van der Waals surface area contributed by atoms with E-state index in [4.69, 9.17) is 4.74 Å². The first kappa shape index (κ1) is 15.5. The van der Waals surface area contributed by atoms with Crippen LogP contribution in [0.5, 0.6) is 11.5 Å². The molecule has 0 aliphatic rings. The van der Waals surface area contributed by atoms with Gasteiger partial charge >= 0.3 is 5.69 Å². The second-order valence-electron chi connectivity index (χ2n) is 4.42. The lowest BCUT2D eigenvalue weighted by atomic mass is 10.1. The van der Waals surface area contributed by atoms with Crippen molar-refractivity contribution in [3.8, 4) is 11.5 Å². The van der Waals surface area contributed by atoms with Crippen molar-refractivity contribution in [3.63, 3.8) is 0 Å². The van der Waals surface area contributed by atoms with Crippen LogP contribution in [0.3, 0.4) is 0 Å². The Morgan fingerprint density at radius 3 is 2.57 bits per heavy atom. The molecule has 0 aliphatic carbocycles. The van der Waals surface area contributed by atoms with Gasteiger partial charge in [0.25, 0.3) is 0 Å². The van der Waals surface area contributed by atoms with E-state index in [9.17, 15) is 15.2 Å². The highest BCUT2D eigenvalue weighted by Crippen LogP contribution is 2.34. The molecule has 0 aliphatic heterocycles. The lowest BCUT2D eigenvalue weighted by Gasteiger charge is -2.11. The molecule has 0 amide bonds. The van der Waals surface area contributed by atoms with Gasteiger partial charge in [0, 0.05) is 16.1 Å². The number of hydrogen-bond acceptors (Lipinski definition) is 4. The zero-order valence-electron chi connectivity index (χ0n) is 11.4. The number of benzene rings is 2. The van der Waals surface area contributed by atoms with E-state index in [0.29, 0.717) is 17.7 Å². The molecular formula is C15H14BrNO4. The van der Waals surface area contributed by atoms with E-state index in [1.165, 1.54) is 6.07 Å². The molecule has 0 spiro atoms. The highest BCUT2D eigenvalue weighted by molar-refractivity contribution is 9.10. The maximum absolute atomic E-state index is 11.2. The predicted molar refractivity (Wildman–Crippen MR) is 82.6 cm³/mol. The monoisotopic (exact) mass is 351 g/mol. The fraction of sp³-hybridized carbons (Fsp3) is 0.200. The standard InChI is InChI=1S/C15H14BrNO4/c1-2-10-3-5-15(13(7-10)17(19)20)21-14-6-4-12(16)8-11(14)9-18/h3-8,18H,2,9H2,1H3. The van der Waals surface area contributed by atoms with Crippen LogP contribution in [-0.2, 0) is 13.0 Å². The molecule has 0 fully saturated rings. The van der Waals surface area contributed by atoms with Gasteiger partial charge in [-0.05, 0) is 36.2 Å². The molecule has 2 rings (SSSR count). The van der Waals surface area contributed by atoms with Crippen molar-refractivity contribution in [1.82, 2.24) is 0 Å². The second kappa shape index (κ2) is 6.69. The first-order valence-electron chi connectivity index (χ1n) is 6.39. The first-order chi connectivity index (χ1) is 10.0. The number of hydrogen-bond donors (Lipinski definition) is 1. The van der Waals surface area contributed by atoms with Gasteiger partial charge in [-0.3, -0.25) is 10.1 Å². The van der Waals surface area contributed by atoms with Gasteiger partial charge in [0.05, 0.1) is 11.5 Å². The SMILES string of the molecule is CCc1ccc(Oc2ccc(Br)cc2CO)c([N+](=O)[O-])c1. The molecule has 21 heavy (non-hydrogen) atoms. The molecule has 5 nitrogen and oxygen atoms in total. The Hall–Kier alpha value is -1.92. The third-order valence-corrected chi connectivity index (χ3v) is 3.53. The highest BCUT2D eigenvalue weighted by atomic mass is 79.9. The molecule has 2 aromatic carbocycles. The van der Waals surface area contributed by atoms with Crippen LogP contribution in [0.2, 0.25) is 0 Å². The predicted octanol–water partition coefficient (Wildman–Crippen LogP) is 4.20. The van der Waals surface area contributed by atoms with Gasteiger partial charge in [-0.15, -0.1) is 0 Å². The van der Waals surface area contributed by atoms with Crippen LogP contribution in [0.1, 0.15) is 18.1 Å². The van der Waals surface area contributed by atoms with Gasteiger partial charge in [0.2, 0.25) is 5.75 Å². The van der Waals surface area contributed by atoms with E-state index in [0.717, 1.165) is 10.0 Å². The topological polar surface area (TPSA) is 72.6 Å². The maximum atomic E-state index is 11.2. The fourth-order valence-electron chi connectivity index (χ4n) is 1.90. The number of rotatable bonds is 5. The zero-order chi connectivity index (χ0) is 15.4. The molecule has 0 saturated heterocycles. The third kappa shape index (κ3) is 3.59. The van der Waals surface area contributed by atoms with Crippen LogP contribution in [0.15, 0.2) is 40.9 Å². The Bertz CT molecular complexity index is 673.